The highest BCUT2D eigenvalue weighted by Crippen LogP contribution is 2.29. The van der Waals surface area contributed by atoms with Gasteiger partial charge in [-0.3, -0.25) is 4.99 Å². The van der Waals surface area contributed by atoms with Gasteiger partial charge in [0, 0.05) is 30.9 Å². The van der Waals surface area contributed by atoms with E-state index in [2.05, 4.69) is 22.5 Å². The van der Waals surface area contributed by atoms with E-state index >= 15 is 0 Å². The van der Waals surface area contributed by atoms with E-state index < -0.39 is 0 Å². The first-order valence-corrected chi connectivity index (χ1v) is 9.66. The Labute approximate surface area is 161 Å². The molecule has 0 aromatic carbocycles. The van der Waals surface area contributed by atoms with Gasteiger partial charge in [-0.2, -0.15) is 0 Å². The second-order valence-corrected chi connectivity index (χ2v) is 7.55. The number of halogens is 1. The van der Waals surface area contributed by atoms with E-state index in [1.54, 1.807) is 4.88 Å². The molecule has 0 saturated heterocycles. The van der Waals surface area contributed by atoms with Crippen LogP contribution >= 0.6 is 35.3 Å². The maximum atomic E-state index is 4.82. The largest absolute Gasteiger partial charge is 0.357 e. The van der Waals surface area contributed by atoms with Gasteiger partial charge in [0.2, 0.25) is 0 Å². The summed E-state index contributed by atoms with van der Waals surface area (Å²) in [6.07, 6.45) is 10.1. The minimum atomic E-state index is 0. The number of fused-ring (bicyclic) bond motifs is 1. The van der Waals surface area contributed by atoms with Gasteiger partial charge in [0.15, 0.2) is 5.96 Å². The summed E-state index contributed by atoms with van der Waals surface area (Å²) in [6, 6.07) is 0. The molecule has 3 rings (SSSR count). The number of guanidine groups is 1. The molecule has 1 aromatic heterocycles. The number of nitrogens with zero attached hydrogens (tertiary/aromatic N) is 2. The van der Waals surface area contributed by atoms with Crippen LogP contribution in [0.25, 0.3) is 0 Å². The summed E-state index contributed by atoms with van der Waals surface area (Å²) < 4.78 is 0. The Balaban J connectivity index is 0.00000192. The van der Waals surface area contributed by atoms with Crippen molar-refractivity contribution in [1.82, 2.24) is 15.6 Å². The van der Waals surface area contributed by atoms with E-state index in [0.717, 1.165) is 44.4 Å². The van der Waals surface area contributed by atoms with Crippen LogP contribution in [-0.2, 0) is 19.3 Å². The monoisotopic (exact) mass is 448 g/mol. The van der Waals surface area contributed by atoms with Crippen molar-refractivity contribution < 1.29 is 0 Å². The zero-order valence-electron chi connectivity index (χ0n) is 14.1. The van der Waals surface area contributed by atoms with Crippen LogP contribution in [-0.4, -0.2) is 30.6 Å². The molecule has 4 nitrogen and oxygen atoms in total. The molecule has 0 aliphatic heterocycles. The number of aromatic nitrogens is 1. The third-order valence-electron chi connectivity index (χ3n) is 4.30. The molecule has 0 radical (unpaired) electrons. The van der Waals surface area contributed by atoms with Crippen molar-refractivity contribution in [3.63, 3.8) is 0 Å². The van der Waals surface area contributed by atoms with Crippen LogP contribution in [0.4, 0.5) is 0 Å². The van der Waals surface area contributed by atoms with Crippen LogP contribution in [0.1, 0.15) is 54.6 Å². The van der Waals surface area contributed by atoms with Crippen molar-refractivity contribution >= 4 is 41.3 Å². The predicted molar refractivity (Wildman–Crippen MR) is 109 cm³/mol. The predicted octanol–water partition coefficient (Wildman–Crippen LogP) is 3.54. The van der Waals surface area contributed by atoms with Gasteiger partial charge in [0.1, 0.15) is 0 Å². The van der Waals surface area contributed by atoms with Crippen molar-refractivity contribution in [1.29, 1.82) is 0 Å². The summed E-state index contributed by atoms with van der Waals surface area (Å²) in [6.45, 7) is 5.00. The van der Waals surface area contributed by atoms with Crippen LogP contribution < -0.4 is 10.6 Å². The standard InChI is InChI=1S/C17H28N4S.HI/c1-2-18-17(20-12-13-9-10-13)19-11-5-8-16-21-14-6-3-4-7-15(14)22-16;/h13H,2-12H2,1H3,(H2,18,19,20);1H. The molecule has 1 saturated carbocycles. The minimum absolute atomic E-state index is 0. The lowest BCUT2D eigenvalue weighted by molar-refractivity contribution is 0.678. The van der Waals surface area contributed by atoms with Gasteiger partial charge in [0.25, 0.3) is 0 Å². The first-order chi connectivity index (χ1) is 10.8. The van der Waals surface area contributed by atoms with E-state index in [4.69, 9.17) is 4.98 Å². The summed E-state index contributed by atoms with van der Waals surface area (Å²) in [4.78, 5) is 11.0. The third-order valence-corrected chi connectivity index (χ3v) is 5.52. The maximum absolute atomic E-state index is 4.82. The quantitative estimate of drug-likeness (QED) is 0.290. The molecule has 0 unspecified atom stereocenters. The lowest BCUT2D eigenvalue weighted by Crippen LogP contribution is -2.38. The van der Waals surface area contributed by atoms with E-state index in [1.807, 2.05) is 11.3 Å². The van der Waals surface area contributed by atoms with E-state index in [9.17, 15) is 0 Å². The Morgan fingerprint density at radius 1 is 1.26 bits per heavy atom. The number of hydrogen-bond acceptors (Lipinski definition) is 3. The zero-order chi connectivity index (χ0) is 15.2. The SMILES string of the molecule is CCNC(=NCC1CC1)NCCCc1nc2c(s1)CCCC2.I. The van der Waals surface area contributed by atoms with Gasteiger partial charge in [-0.25, -0.2) is 4.98 Å². The molecule has 1 aromatic rings. The van der Waals surface area contributed by atoms with Gasteiger partial charge in [-0.1, -0.05) is 0 Å². The molecule has 130 valence electrons. The molecule has 0 amide bonds. The molecule has 1 heterocycles. The Morgan fingerprint density at radius 2 is 2.09 bits per heavy atom. The number of hydrogen-bond donors (Lipinski definition) is 2. The molecular formula is C17H29IN4S. The average Bonchev–Trinajstić information content (AvgIpc) is 3.26. The van der Waals surface area contributed by atoms with Crippen molar-refractivity contribution in [3.05, 3.63) is 15.6 Å². The Morgan fingerprint density at radius 3 is 2.83 bits per heavy atom. The van der Waals surface area contributed by atoms with Crippen molar-refractivity contribution in [2.75, 3.05) is 19.6 Å². The fourth-order valence-corrected chi connectivity index (χ4v) is 4.02. The number of aryl methyl sites for hydroxylation is 3. The number of aliphatic imine (C=N–C) groups is 1. The highest BCUT2D eigenvalue weighted by Gasteiger charge is 2.20. The molecular weight excluding hydrogens is 419 g/mol. The summed E-state index contributed by atoms with van der Waals surface area (Å²) in [5.74, 6) is 1.82. The molecule has 2 aliphatic rings. The van der Waals surface area contributed by atoms with Crippen LogP contribution in [0.2, 0.25) is 0 Å². The fourth-order valence-electron chi connectivity index (χ4n) is 2.82. The molecule has 2 N–H and O–H groups in total. The summed E-state index contributed by atoms with van der Waals surface area (Å²) in [7, 11) is 0. The second-order valence-electron chi connectivity index (χ2n) is 6.38. The second kappa shape index (κ2) is 9.81. The van der Waals surface area contributed by atoms with Crippen molar-refractivity contribution in [2.24, 2.45) is 10.9 Å². The first-order valence-electron chi connectivity index (χ1n) is 8.84. The lowest BCUT2D eigenvalue weighted by atomic mass is 10.0. The topological polar surface area (TPSA) is 49.3 Å². The number of nitrogens with one attached hydrogen (secondary N) is 2. The number of thiazole rings is 1. The van der Waals surface area contributed by atoms with E-state index in [-0.39, 0.29) is 24.0 Å². The molecule has 23 heavy (non-hydrogen) atoms. The van der Waals surface area contributed by atoms with E-state index in [1.165, 1.54) is 49.2 Å². The van der Waals surface area contributed by atoms with Crippen LogP contribution in [0, 0.1) is 5.92 Å². The highest BCUT2D eigenvalue weighted by molar-refractivity contribution is 14.0. The number of rotatable bonds is 7. The normalized spacial score (nSPS) is 17.3. The van der Waals surface area contributed by atoms with Gasteiger partial charge in [-0.15, -0.1) is 35.3 Å². The molecule has 2 aliphatic carbocycles. The van der Waals surface area contributed by atoms with E-state index in [0.29, 0.717) is 0 Å². The van der Waals surface area contributed by atoms with Gasteiger partial charge >= 0.3 is 0 Å². The van der Waals surface area contributed by atoms with Crippen molar-refractivity contribution in [2.45, 2.75) is 58.3 Å². The molecule has 1 fully saturated rings. The fraction of sp³-hybridized carbons (Fsp3) is 0.765. The third kappa shape index (κ3) is 6.21. The smallest absolute Gasteiger partial charge is 0.191 e. The van der Waals surface area contributed by atoms with Crippen molar-refractivity contribution in [3.8, 4) is 0 Å². The molecule has 0 atom stereocenters. The van der Waals surface area contributed by atoms with Crippen LogP contribution in [0.5, 0.6) is 0 Å². The highest BCUT2D eigenvalue weighted by atomic mass is 127. The lowest BCUT2D eigenvalue weighted by Gasteiger charge is -2.10. The first kappa shape index (κ1) is 19.0. The molecule has 0 bridgehead atoms. The summed E-state index contributed by atoms with van der Waals surface area (Å²) in [5, 5.41) is 8.11. The molecule has 0 spiro atoms. The Kier molecular flexibility index (Phi) is 8.09. The summed E-state index contributed by atoms with van der Waals surface area (Å²) in [5.41, 5.74) is 1.39. The zero-order valence-corrected chi connectivity index (χ0v) is 17.2. The van der Waals surface area contributed by atoms with Gasteiger partial charge in [-0.05, 0) is 57.8 Å². The Bertz CT molecular complexity index is 487. The average molecular weight is 448 g/mol. The minimum Gasteiger partial charge on any atom is -0.357 e. The maximum Gasteiger partial charge on any atom is 0.191 e. The van der Waals surface area contributed by atoms with Crippen LogP contribution in [0.15, 0.2) is 4.99 Å². The Hall–Kier alpha value is -0.370. The van der Waals surface area contributed by atoms with Crippen LogP contribution in [0.3, 0.4) is 0 Å². The molecule has 6 heteroatoms. The van der Waals surface area contributed by atoms with Gasteiger partial charge < -0.3 is 10.6 Å². The summed E-state index contributed by atoms with van der Waals surface area (Å²) >= 11 is 1.94. The van der Waals surface area contributed by atoms with Gasteiger partial charge in [0.05, 0.1) is 10.7 Å².